The summed E-state index contributed by atoms with van der Waals surface area (Å²) in [6.45, 7) is 6.24. The smallest absolute Gasteiger partial charge is 0.323 e. The molecule has 2 fully saturated rings. The lowest BCUT2D eigenvalue weighted by Crippen LogP contribution is -2.59. The lowest BCUT2D eigenvalue weighted by atomic mass is 9.78. The van der Waals surface area contributed by atoms with E-state index < -0.39 is 11.5 Å². The number of carboxylic acids is 1. The predicted octanol–water partition coefficient (Wildman–Crippen LogP) is 2.95. The van der Waals surface area contributed by atoms with Gasteiger partial charge in [-0.25, -0.2) is 4.79 Å². The van der Waals surface area contributed by atoms with Crippen molar-refractivity contribution in [2.24, 2.45) is 5.92 Å². The minimum Gasteiger partial charge on any atom is -0.480 e. The average Bonchev–Trinajstić information content (AvgIpc) is 2.42. The van der Waals surface area contributed by atoms with Gasteiger partial charge in [0.15, 0.2) is 0 Å². The maximum absolute atomic E-state index is 12.9. The molecule has 0 aromatic heterocycles. The number of hydrogen-bond acceptors (Lipinski definition) is 2. The third kappa shape index (κ3) is 3.69. The van der Waals surface area contributed by atoms with Gasteiger partial charge in [-0.3, -0.25) is 4.79 Å². The van der Waals surface area contributed by atoms with Crippen LogP contribution >= 0.6 is 0 Å². The third-order valence-corrected chi connectivity index (χ3v) is 4.82. The van der Waals surface area contributed by atoms with Crippen LogP contribution in [0, 0.1) is 5.92 Å². The summed E-state index contributed by atoms with van der Waals surface area (Å²) in [5.41, 5.74) is -0.475. The number of carbonyl (C=O) groups is 2. The van der Waals surface area contributed by atoms with Crippen molar-refractivity contribution in [3.05, 3.63) is 0 Å². The molecule has 1 N–H and O–H groups in total. The highest BCUT2D eigenvalue weighted by atomic mass is 16.4. The third-order valence-electron chi connectivity index (χ3n) is 4.82. The highest BCUT2D eigenvalue weighted by molar-refractivity contribution is 5.81. The van der Waals surface area contributed by atoms with Gasteiger partial charge in [-0.2, -0.15) is 0 Å². The Kier molecular flexibility index (Phi) is 4.79. The fourth-order valence-electron chi connectivity index (χ4n) is 3.74. The van der Waals surface area contributed by atoms with Gasteiger partial charge in [-0.05, 0) is 52.4 Å². The number of amides is 2. The van der Waals surface area contributed by atoms with Crippen LogP contribution in [0.25, 0.3) is 0 Å². The van der Waals surface area contributed by atoms with Crippen LogP contribution < -0.4 is 0 Å². The van der Waals surface area contributed by atoms with E-state index in [0.717, 1.165) is 19.4 Å². The summed E-state index contributed by atoms with van der Waals surface area (Å²) in [6.07, 6.45) is 6.98. The van der Waals surface area contributed by atoms with Crippen molar-refractivity contribution >= 4 is 12.0 Å². The lowest BCUT2D eigenvalue weighted by molar-refractivity contribution is -0.139. The molecule has 5 heteroatoms. The number of carboxylic acid groups (broad SMARTS) is 1. The number of rotatable bonds is 2. The van der Waals surface area contributed by atoms with E-state index in [1.54, 1.807) is 0 Å². The van der Waals surface area contributed by atoms with Crippen LogP contribution in [0.1, 0.15) is 59.3 Å². The van der Waals surface area contributed by atoms with E-state index in [-0.39, 0.29) is 12.6 Å². The number of fused-ring (bicyclic) bond motifs is 1. The van der Waals surface area contributed by atoms with Gasteiger partial charge in [-0.1, -0.05) is 12.8 Å². The number of carbonyl (C=O) groups excluding carboxylic acids is 1. The minimum absolute atomic E-state index is 0.0958. The van der Waals surface area contributed by atoms with Crippen molar-refractivity contribution in [2.45, 2.75) is 70.9 Å². The molecule has 5 nitrogen and oxygen atoms in total. The van der Waals surface area contributed by atoms with E-state index in [1.807, 2.05) is 25.7 Å². The summed E-state index contributed by atoms with van der Waals surface area (Å²) >= 11 is 0. The number of aliphatic carboxylic acids is 1. The molecule has 0 aromatic carbocycles. The molecule has 2 unspecified atom stereocenters. The number of likely N-dealkylation sites (tertiary alicyclic amines) is 1. The average molecular weight is 296 g/mol. The van der Waals surface area contributed by atoms with Crippen LogP contribution in [0.3, 0.4) is 0 Å². The molecule has 1 aliphatic carbocycles. The summed E-state index contributed by atoms with van der Waals surface area (Å²) < 4.78 is 0. The van der Waals surface area contributed by atoms with Crippen molar-refractivity contribution < 1.29 is 14.7 Å². The van der Waals surface area contributed by atoms with Crippen LogP contribution in [0.5, 0.6) is 0 Å². The second-order valence-electron chi connectivity index (χ2n) is 7.38. The largest absolute Gasteiger partial charge is 0.480 e. The summed E-state index contributed by atoms with van der Waals surface area (Å²) in [6, 6.07) is 0.222. The minimum atomic E-state index is -0.949. The maximum atomic E-state index is 12.9. The fraction of sp³-hybridized carbons (Fsp3) is 0.875. The van der Waals surface area contributed by atoms with E-state index in [9.17, 15) is 9.59 Å². The first-order valence-corrected chi connectivity index (χ1v) is 8.10. The molecular formula is C16H28N2O3. The van der Waals surface area contributed by atoms with Crippen molar-refractivity contribution in [2.75, 3.05) is 13.1 Å². The number of hydrogen-bond donors (Lipinski definition) is 1. The highest BCUT2D eigenvalue weighted by Crippen LogP contribution is 2.36. The SMILES string of the molecule is CC(C)(C)N(CC(=O)O)C(=O)N1CCCC2CCCCC21. The Balaban J connectivity index is 2.16. The highest BCUT2D eigenvalue weighted by Gasteiger charge is 2.40. The van der Waals surface area contributed by atoms with E-state index in [1.165, 1.54) is 30.6 Å². The van der Waals surface area contributed by atoms with E-state index in [4.69, 9.17) is 5.11 Å². The number of piperidine rings is 1. The van der Waals surface area contributed by atoms with Gasteiger partial charge in [0.05, 0.1) is 0 Å². The van der Waals surface area contributed by atoms with Crippen molar-refractivity contribution in [3.63, 3.8) is 0 Å². The number of urea groups is 1. The van der Waals surface area contributed by atoms with Gasteiger partial charge in [0.25, 0.3) is 0 Å². The summed E-state index contributed by atoms with van der Waals surface area (Å²) in [5.74, 6) is -0.335. The Morgan fingerprint density at radius 1 is 1.14 bits per heavy atom. The van der Waals surface area contributed by atoms with Crippen LogP contribution in [0.2, 0.25) is 0 Å². The van der Waals surface area contributed by atoms with E-state index in [2.05, 4.69) is 0 Å². The van der Waals surface area contributed by atoms with Crippen LogP contribution in [0.4, 0.5) is 4.79 Å². The zero-order valence-electron chi connectivity index (χ0n) is 13.5. The van der Waals surface area contributed by atoms with Crippen molar-refractivity contribution in [1.82, 2.24) is 9.80 Å². The molecule has 1 saturated carbocycles. The standard InChI is InChI=1S/C16H28N2O3/c1-16(2,3)18(11-14(19)20)15(21)17-10-6-8-12-7-4-5-9-13(12)17/h12-13H,4-11H2,1-3H3,(H,19,20). The van der Waals surface area contributed by atoms with Gasteiger partial charge in [0.1, 0.15) is 6.54 Å². The topological polar surface area (TPSA) is 60.9 Å². The Morgan fingerprint density at radius 3 is 2.38 bits per heavy atom. The molecule has 1 aliphatic heterocycles. The molecule has 0 radical (unpaired) electrons. The van der Waals surface area contributed by atoms with Gasteiger partial charge < -0.3 is 14.9 Å². The normalized spacial score (nSPS) is 26.1. The monoisotopic (exact) mass is 296 g/mol. The molecule has 0 bridgehead atoms. The van der Waals surface area contributed by atoms with E-state index >= 15 is 0 Å². The first-order chi connectivity index (χ1) is 9.80. The second kappa shape index (κ2) is 6.24. The van der Waals surface area contributed by atoms with Gasteiger partial charge in [0.2, 0.25) is 0 Å². The molecule has 2 atom stereocenters. The quantitative estimate of drug-likeness (QED) is 0.852. The molecule has 2 amide bonds. The fourth-order valence-corrected chi connectivity index (χ4v) is 3.74. The summed E-state index contributed by atoms with van der Waals surface area (Å²) in [4.78, 5) is 27.5. The summed E-state index contributed by atoms with van der Waals surface area (Å²) in [7, 11) is 0. The molecule has 0 aromatic rings. The Hall–Kier alpha value is -1.26. The van der Waals surface area contributed by atoms with Crippen molar-refractivity contribution in [3.8, 4) is 0 Å². The van der Waals surface area contributed by atoms with E-state index in [0.29, 0.717) is 12.0 Å². The summed E-state index contributed by atoms with van der Waals surface area (Å²) in [5, 5.41) is 9.11. The van der Waals surface area contributed by atoms with Crippen LogP contribution in [0.15, 0.2) is 0 Å². The van der Waals surface area contributed by atoms with Crippen molar-refractivity contribution in [1.29, 1.82) is 0 Å². The Morgan fingerprint density at radius 2 is 1.76 bits per heavy atom. The zero-order valence-corrected chi connectivity index (χ0v) is 13.5. The molecule has 0 spiro atoms. The van der Waals surface area contributed by atoms with Gasteiger partial charge in [0, 0.05) is 18.1 Å². The Bertz CT molecular complexity index is 401. The van der Waals surface area contributed by atoms with Crippen LogP contribution in [-0.4, -0.2) is 51.6 Å². The molecule has 2 rings (SSSR count). The Labute approximate surface area is 127 Å². The predicted molar refractivity (Wildman–Crippen MR) is 81.2 cm³/mol. The second-order valence-corrected chi connectivity index (χ2v) is 7.38. The first-order valence-electron chi connectivity index (χ1n) is 8.10. The molecular weight excluding hydrogens is 268 g/mol. The lowest BCUT2D eigenvalue weighted by Gasteiger charge is -2.47. The molecule has 1 heterocycles. The first kappa shape index (κ1) is 16.1. The van der Waals surface area contributed by atoms with Crippen LogP contribution in [-0.2, 0) is 4.79 Å². The van der Waals surface area contributed by atoms with Gasteiger partial charge >= 0.3 is 12.0 Å². The molecule has 1 saturated heterocycles. The maximum Gasteiger partial charge on any atom is 0.323 e. The molecule has 120 valence electrons. The number of nitrogens with zero attached hydrogens (tertiary/aromatic N) is 2. The molecule has 2 aliphatic rings. The molecule has 21 heavy (non-hydrogen) atoms. The zero-order chi connectivity index (χ0) is 15.6. The van der Waals surface area contributed by atoms with Gasteiger partial charge in [-0.15, -0.1) is 0 Å².